The Bertz CT molecular complexity index is 336. The highest BCUT2D eigenvalue weighted by molar-refractivity contribution is 5.23. The third-order valence-electron chi connectivity index (χ3n) is 3.78. The summed E-state index contributed by atoms with van der Waals surface area (Å²) in [6.07, 6.45) is 3.25. The molecular formula is C15H23NO. The second kappa shape index (κ2) is 5.65. The van der Waals surface area contributed by atoms with Gasteiger partial charge in [0.25, 0.3) is 0 Å². The third-order valence-corrected chi connectivity index (χ3v) is 3.78. The number of benzene rings is 1. The number of ether oxygens (including phenoxy) is 1. The van der Waals surface area contributed by atoms with Gasteiger partial charge >= 0.3 is 0 Å². The summed E-state index contributed by atoms with van der Waals surface area (Å²) in [7, 11) is 0. The molecule has 1 aliphatic heterocycles. The van der Waals surface area contributed by atoms with E-state index in [0.717, 1.165) is 32.4 Å². The van der Waals surface area contributed by atoms with E-state index in [1.807, 2.05) is 0 Å². The predicted molar refractivity (Wildman–Crippen MR) is 71.1 cm³/mol. The quantitative estimate of drug-likeness (QED) is 0.863. The monoisotopic (exact) mass is 233 g/mol. The summed E-state index contributed by atoms with van der Waals surface area (Å²) in [5, 5.41) is 3.56. The summed E-state index contributed by atoms with van der Waals surface area (Å²) >= 11 is 0. The molecule has 1 aromatic rings. The van der Waals surface area contributed by atoms with Crippen LogP contribution in [0.3, 0.4) is 0 Å². The minimum absolute atomic E-state index is 0.0770. The molecular weight excluding hydrogens is 210 g/mol. The number of rotatable bonds is 4. The Morgan fingerprint density at radius 2 is 2.06 bits per heavy atom. The molecule has 0 aromatic heterocycles. The average Bonchev–Trinajstić information content (AvgIpc) is 2.40. The van der Waals surface area contributed by atoms with E-state index in [2.05, 4.69) is 49.5 Å². The zero-order valence-electron chi connectivity index (χ0n) is 10.9. The van der Waals surface area contributed by atoms with Crippen molar-refractivity contribution >= 4 is 0 Å². The van der Waals surface area contributed by atoms with Gasteiger partial charge in [-0.1, -0.05) is 44.2 Å². The Hall–Kier alpha value is -0.860. The summed E-state index contributed by atoms with van der Waals surface area (Å²) < 4.78 is 6.14. The summed E-state index contributed by atoms with van der Waals surface area (Å²) in [6, 6.07) is 11.3. The first-order chi connectivity index (χ1) is 8.30. The van der Waals surface area contributed by atoms with E-state index < -0.39 is 0 Å². The highest BCUT2D eigenvalue weighted by Crippen LogP contribution is 2.37. The number of nitrogens with one attached hydrogen (secondary N) is 1. The van der Waals surface area contributed by atoms with E-state index in [0.29, 0.717) is 6.04 Å². The zero-order chi connectivity index (χ0) is 12.1. The fourth-order valence-electron chi connectivity index (χ4n) is 2.81. The van der Waals surface area contributed by atoms with Crippen molar-refractivity contribution in [1.29, 1.82) is 0 Å². The molecule has 17 heavy (non-hydrogen) atoms. The second-order valence-corrected chi connectivity index (χ2v) is 4.81. The third kappa shape index (κ3) is 2.70. The van der Waals surface area contributed by atoms with Crippen molar-refractivity contribution in [1.82, 2.24) is 5.32 Å². The molecule has 1 aliphatic rings. The summed E-state index contributed by atoms with van der Waals surface area (Å²) in [6.45, 7) is 6.30. The van der Waals surface area contributed by atoms with E-state index in [1.165, 1.54) is 5.56 Å². The van der Waals surface area contributed by atoms with Crippen molar-refractivity contribution in [2.24, 2.45) is 0 Å². The molecule has 94 valence electrons. The van der Waals surface area contributed by atoms with E-state index in [9.17, 15) is 0 Å². The lowest BCUT2D eigenvalue weighted by Gasteiger charge is -2.41. The van der Waals surface area contributed by atoms with Crippen molar-refractivity contribution < 1.29 is 4.74 Å². The van der Waals surface area contributed by atoms with Crippen LogP contribution in [0, 0.1) is 0 Å². The van der Waals surface area contributed by atoms with Crippen molar-refractivity contribution in [3.63, 3.8) is 0 Å². The van der Waals surface area contributed by atoms with Gasteiger partial charge in [-0.3, -0.25) is 0 Å². The first kappa shape index (κ1) is 12.6. The largest absolute Gasteiger partial charge is 0.370 e. The average molecular weight is 233 g/mol. The molecule has 2 atom stereocenters. The van der Waals surface area contributed by atoms with E-state index in [-0.39, 0.29) is 5.60 Å². The fourth-order valence-corrected chi connectivity index (χ4v) is 2.81. The topological polar surface area (TPSA) is 21.3 Å². The first-order valence-corrected chi connectivity index (χ1v) is 6.73. The van der Waals surface area contributed by atoms with Crippen molar-refractivity contribution in [3.8, 4) is 0 Å². The molecule has 1 N–H and O–H groups in total. The summed E-state index contributed by atoms with van der Waals surface area (Å²) in [5.74, 6) is 0. The Kier molecular flexibility index (Phi) is 4.19. The molecule has 2 nitrogen and oxygen atoms in total. The Morgan fingerprint density at radius 1 is 1.29 bits per heavy atom. The molecule has 0 aliphatic carbocycles. The SMILES string of the molecule is CCNC1CCOC(CC)(c2ccccc2)C1. The molecule has 1 fully saturated rings. The Labute approximate surface area is 104 Å². The van der Waals surface area contributed by atoms with Crippen LogP contribution in [-0.2, 0) is 10.3 Å². The lowest BCUT2D eigenvalue weighted by Crippen LogP contribution is -2.45. The van der Waals surface area contributed by atoms with Gasteiger partial charge in [-0.25, -0.2) is 0 Å². The van der Waals surface area contributed by atoms with Crippen LogP contribution in [0.15, 0.2) is 30.3 Å². The second-order valence-electron chi connectivity index (χ2n) is 4.81. The van der Waals surface area contributed by atoms with Gasteiger partial charge in [0.05, 0.1) is 5.60 Å². The highest BCUT2D eigenvalue weighted by Gasteiger charge is 2.37. The van der Waals surface area contributed by atoms with Crippen molar-refractivity contribution in [2.45, 2.75) is 44.8 Å². The van der Waals surface area contributed by atoms with Crippen molar-refractivity contribution in [3.05, 3.63) is 35.9 Å². The van der Waals surface area contributed by atoms with E-state index in [4.69, 9.17) is 4.74 Å². The molecule has 0 spiro atoms. The Balaban J connectivity index is 2.19. The van der Waals surface area contributed by atoms with Crippen LogP contribution in [0.2, 0.25) is 0 Å². The Morgan fingerprint density at radius 3 is 2.71 bits per heavy atom. The maximum Gasteiger partial charge on any atom is 0.0943 e. The first-order valence-electron chi connectivity index (χ1n) is 6.73. The normalized spacial score (nSPS) is 29.2. The van der Waals surface area contributed by atoms with Crippen molar-refractivity contribution in [2.75, 3.05) is 13.2 Å². The van der Waals surface area contributed by atoms with Crippen LogP contribution in [0.25, 0.3) is 0 Å². The van der Waals surface area contributed by atoms with Crippen LogP contribution in [0.1, 0.15) is 38.7 Å². The van der Waals surface area contributed by atoms with Crippen LogP contribution in [0.4, 0.5) is 0 Å². The van der Waals surface area contributed by atoms with Crippen LogP contribution < -0.4 is 5.32 Å². The number of hydrogen-bond donors (Lipinski definition) is 1. The van der Waals surface area contributed by atoms with Gasteiger partial charge in [-0.15, -0.1) is 0 Å². The molecule has 2 heteroatoms. The fraction of sp³-hybridized carbons (Fsp3) is 0.600. The van der Waals surface area contributed by atoms with E-state index >= 15 is 0 Å². The molecule has 0 bridgehead atoms. The van der Waals surface area contributed by atoms with Gasteiger partial charge in [0.15, 0.2) is 0 Å². The summed E-state index contributed by atoms with van der Waals surface area (Å²) in [4.78, 5) is 0. The molecule has 0 amide bonds. The van der Waals surface area contributed by atoms with Crippen LogP contribution in [-0.4, -0.2) is 19.2 Å². The molecule has 0 radical (unpaired) electrons. The highest BCUT2D eigenvalue weighted by atomic mass is 16.5. The van der Waals surface area contributed by atoms with Crippen LogP contribution in [0.5, 0.6) is 0 Å². The van der Waals surface area contributed by atoms with Gasteiger partial charge in [-0.05, 0) is 31.4 Å². The molecule has 1 aromatic carbocycles. The molecule has 2 unspecified atom stereocenters. The molecule has 1 heterocycles. The minimum Gasteiger partial charge on any atom is -0.370 e. The zero-order valence-corrected chi connectivity index (χ0v) is 10.9. The minimum atomic E-state index is -0.0770. The van der Waals surface area contributed by atoms with Crippen LogP contribution >= 0.6 is 0 Å². The van der Waals surface area contributed by atoms with E-state index in [1.54, 1.807) is 0 Å². The van der Waals surface area contributed by atoms with Gasteiger partial charge in [0.2, 0.25) is 0 Å². The smallest absolute Gasteiger partial charge is 0.0943 e. The van der Waals surface area contributed by atoms with Gasteiger partial charge < -0.3 is 10.1 Å². The predicted octanol–water partition coefficient (Wildman–Crippen LogP) is 3.08. The molecule has 0 saturated carbocycles. The lowest BCUT2D eigenvalue weighted by atomic mass is 9.82. The van der Waals surface area contributed by atoms with Gasteiger partial charge in [0, 0.05) is 12.6 Å². The van der Waals surface area contributed by atoms with Gasteiger partial charge in [-0.2, -0.15) is 0 Å². The number of hydrogen-bond acceptors (Lipinski definition) is 2. The molecule has 1 saturated heterocycles. The lowest BCUT2D eigenvalue weighted by molar-refractivity contribution is -0.0966. The standard InChI is InChI=1S/C15H23NO/c1-3-15(13-8-6-5-7-9-13)12-14(16-4-2)10-11-17-15/h5-9,14,16H,3-4,10-12H2,1-2H3. The van der Waals surface area contributed by atoms with Gasteiger partial charge in [0.1, 0.15) is 0 Å². The maximum atomic E-state index is 6.14. The maximum absolute atomic E-state index is 6.14. The summed E-state index contributed by atoms with van der Waals surface area (Å²) in [5.41, 5.74) is 1.25. The molecule has 2 rings (SSSR count).